The van der Waals surface area contributed by atoms with Crippen LogP contribution in [-0.4, -0.2) is 34.9 Å². The lowest BCUT2D eigenvalue weighted by molar-refractivity contribution is 0.0868. The Morgan fingerprint density at radius 1 is 1.65 bits per heavy atom. The van der Waals surface area contributed by atoms with E-state index in [1.54, 1.807) is 0 Å². The molecule has 2 unspecified atom stereocenters. The Bertz CT molecular complexity index is 373. The lowest BCUT2D eigenvalue weighted by Crippen LogP contribution is -2.43. The molecule has 0 saturated carbocycles. The highest BCUT2D eigenvalue weighted by Gasteiger charge is 2.34. The average Bonchev–Trinajstić information content (AvgIpc) is 2.69. The van der Waals surface area contributed by atoms with Crippen molar-refractivity contribution in [3.05, 3.63) is 17.8 Å². The smallest absolute Gasteiger partial charge is 0.181 e. The van der Waals surface area contributed by atoms with E-state index < -0.39 is 5.41 Å². The molecule has 1 aromatic heterocycles. The van der Waals surface area contributed by atoms with Crippen LogP contribution in [-0.2, 0) is 0 Å². The van der Waals surface area contributed by atoms with Gasteiger partial charge in [-0.2, -0.15) is 0 Å². The Hall–Kier alpha value is -0.510. The van der Waals surface area contributed by atoms with Gasteiger partial charge in [0.05, 0.1) is 11.7 Å². The Morgan fingerprint density at radius 2 is 2.29 bits per heavy atom. The maximum atomic E-state index is 13.7. The number of piperidine rings is 1. The van der Waals surface area contributed by atoms with E-state index in [0.29, 0.717) is 32.5 Å². The van der Waals surface area contributed by atoms with Crippen LogP contribution in [0.25, 0.3) is 0 Å². The molecule has 6 heteroatoms. The normalized spacial score (nSPS) is 22.6. The number of hydrogen-bond donors (Lipinski definition) is 1. The first kappa shape index (κ1) is 12.9. The maximum absolute atomic E-state index is 13.7. The van der Waals surface area contributed by atoms with Gasteiger partial charge in [0, 0.05) is 19.6 Å². The molecule has 2 N–H and O–H groups in total. The molecule has 1 aliphatic rings. The highest BCUT2D eigenvalue weighted by molar-refractivity contribution is 7.18. The van der Waals surface area contributed by atoms with Crippen molar-refractivity contribution < 1.29 is 8.81 Å². The molecule has 1 fully saturated rings. The zero-order valence-electron chi connectivity index (χ0n) is 10.0. The summed E-state index contributed by atoms with van der Waals surface area (Å²) in [6, 6.07) is 0.0126. The molecule has 1 aromatic rings. The molecule has 0 aromatic carbocycles. The summed E-state index contributed by atoms with van der Waals surface area (Å²) in [5.74, 6) is 0.808. The molecule has 96 valence electrons. The second kappa shape index (κ2) is 5.01. The van der Waals surface area contributed by atoms with E-state index in [-0.39, 0.29) is 6.04 Å². The van der Waals surface area contributed by atoms with E-state index in [2.05, 4.69) is 19.1 Å². The van der Waals surface area contributed by atoms with Gasteiger partial charge in [0.15, 0.2) is 6.39 Å². The highest BCUT2D eigenvalue weighted by Crippen LogP contribution is 2.35. The minimum atomic E-state index is -1.12. The summed E-state index contributed by atoms with van der Waals surface area (Å²) in [4.78, 5) is 6.26. The minimum Gasteiger partial charge on any atom is -0.446 e. The molecule has 2 rings (SSSR count). The first-order chi connectivity index (χ1) is 8.03. The van der Waals surface area contributed by atoms with Crippen molar-refractivity contribution in [2.45, 2.75) is 31.2 Å². The van der Waals surface area contributed by atoms with Gasteiger partial charge in [-0.05, 0) is 19.8 Å². The number of nitrogens with zero attached hydrogens (tertiary/aromatic N) is 2. The largest absolute Gasteiger partial charge is 0.446 e. The van der Waals surface area contributed by atoms with Gasteiger partial charge in [0.1, 0.15) is 11.2 Å². The van der Waals surface area contributed by atoms with E-state index in [9.17, 15) is 4.39 Å². The number of rotatable bonds is 3. The van der Waals surface area contributed by atoms with E-state index >= 15 is 0 Å². The fourth-order valence-corrected chi connectivity index (χ4v) is 2.52. The van der Waals surface area contributed by atoms with E-state index in [1.165, 1.54) is 6.39 Å². The molecule has 0 radical (unpaired) electrons. The van der Waals surface area contributed by atoms with Crippen LogP contribution in [0.15, 0.2) is 10.8 Å². The van der Waals surface area contributed by atoms with Crippen molar-refractivity contribution in [2.75, 3.05) is 19.6 Å². The maximum Gasteiger partial charge on any atom is 0.181 e. The van der Waals surface area contributed by atoms with Crippen molar-refractivity contribution in [1.29, 1.82) is 0 Å². The molecule has 0 aliphatic carbocycles. The van der Waals surface area contributed by atoms with Crippen LogP contribution in [0.5, 0.6) is 0 Å². The Labute approximate surface area is 103 Å². The molecular formula is C11H19FN3OP. The number of aromatic nitrogens is 1. The van der Waals surface area contributed by atoms with Gasteiger partial charge in [-0.1, -0.05) is 9.24 Å². The van der Waals surface area contributed by atoms with Crippen LogP contribution < -0.4 is 5.73 Å². The monoisotopic (exact) mass is 259 g/mol. The van der Waals surface area contributed by atoms with Crippen molar-refractivity contribution >= 4 is 9.24 Å². The summed E-state index contributed by atoms with van der Waals surface area (Å²) in [6.45, 7) is 3.76. The summed E-state index contributed by atoms with van der Waals surface area (Å²) in [5.41, 5.74) is 6.67. The lowest BCUT2D eigenvalue weighted by Gasteiger charge is -2.37. The standard InChI is InChI=1S/C11H19FN3OP/c1-8-10(16-7-14-8)9(6-13)15-4-2-11(12,17)3-5-15/h7,9H,2-6,13,17H2,1H3. The van der Waals surface area contributed by atoms with E-state index in [4.69, 9.17) is 10.2 Å². The SMILES string of the molecule is Cc1ncoc1C(CN)N1CCC(F)(P)CC1. The predicted molar refractivity (Wildman–Crippen MR) is 67.4 cm³/mol. The summed E-state index contributed by atoms with van der Waals surface area (Å²) < 4.78 is 19.1. The molecular weight excluding hydrogens is 240 g/mol. The number of oxazole rings is 1. The lowest BCUT2D eigenvalue weighted by atomic mass is 10.0. The quantitative estimate of drug-likeness (QED) is 0.838. The second-order valence-electron chi connectivity index (χ2n) is 4.62. The number of nitrogens with two attached hydrogens (primary N) is 1. The summed E-state index contributed by atoms with van der Waals surface area (Å²) in [7, 11) is 2.30. The van der Waals surface area contributed by atoms with Crippen LogP contribution in [0.3, 0.4) is 0 Å². The fraction of sp³-hybridized carbons (Fsp3) is 0.727. The van der Waals surface area contributed by atoms with Crippen LogP contribution in [0.2, 0.25) is 0 Å². The Morgan fingerprint density at radius 3 is 2.76 bits per heavy atom. The fourth-order valence-electron chi connectivity index (χ4n) is 2.26. The molecule has 0 spiro atoms. The average molecular weight is 259 g/mol. The van der Waals surface area contributed by atoms with Gasteiger partial charge in [0.2, 0.25) is 0 Å². The Kier molecular flexibility index (Phi) is 3.81. The number of aryl methyl sites for hydroxylation is 1. The number of halogens is 1. The van der Waals surface area contributed by atoms with Crippen molar-refractivity contribution in [3.8, 4) is 0 Å². The summed E-state index contributed by atoms with van der Waals surface area (Å²) in [6.07, 6.45) is 2.47. The van der Waals surface area contributed by atoms with Crippen molar-refractivity contribution in [2.24, 2.45) is 5.73 Å². The molecule has 1 saturated heterocycles. The minimum absolute atomic E-state index is 0.0126. The second-order valence-corrected chi connectivity index (χ2v) is 5.66. The zero-order valence-corrected chi connectivity index (χ0v) is 11.2. The van der Waals surface area contributed by atoms with Crippen molar-refractivity contribution in [3.63, 3.8) is 0 Å². The third-order valence-corrected chi connectivity index (χ3v) is 3.96. The summed E-state index contributed by atoms with van der Waals surface area (Å²) in [5, 5.41) is -1.12. The number of likely N-dealkylation sites (tertiary alicyclic amines) is 1. The van der Waals surface area contributed by atoms with Crippen LogP contribution >= 0.6 is 9.24 Å². The predicted octanol–water partition coefficient (Wildman–Crippen LogP) is 1.62. The number of hydrogen-bond acceptors (Lipinski definition) is 4. The molecule has 2 heterocycles. The van der Waals surface area contributed by atoms with Crippen LogP contribution in [0.1, 0.15) is 30.3 Å². The summed E-state index contributed by atoms with van der Waals surface area (Å²) >= 11 is 0. The molecule has 0 amide bonds. The first-order valence-electron chi connectivity index (χ1n) is 5.85. The van der Waals surface area contributed by atoms with Crippen LogP contribution in [0.4, 0.5) is 4.39 Å². The van der Waals surface area contributed by atoms with Gasteiger partial charge in [-0.3, -0.25) is 4.90 Å². The molecule has 2 atom stereocenters. The van der Waals surface area contributed by atoms with Gasteiger partial charge in [-0.25, -0.2) is 9.37 Å². The van der Waals surface area contributed by atoms with Gasteiger partial charge in [0.25, 0.3) is 0 Å². The van der Waals surface area contributed by atoms with E-state index in [1.807, 2.05) is 6.92 Å². The molecule has 4 nitrogen and oxygen atoms in total. The number of alkyl halides is 1. The van der Waals surface area contributed by atoms with Crippen molar-refractivity contribution in [1.82, 2.24) is 9.88 Å². The first-order valence-corrected chi connectivity index (χ1v) is 6.43. The van der Waals surface area contributed by atoms with Gasteiger partial charge in [-0.15, -0.1) is 0 Å². The van der Waals surface area contributed by atoms with Gasteiger partial charge < -0.3 is 10.2 Å². The molecule has 1 aliphatic heterocycles. The Balaban J connectivity index is 2.08. The third-order valence-electron chi connectivity index (χ3n) is 3.38. The van der Waals surface area contributed by atoms with Gasteiger partial charge >= 0.3 is 0 Å². The zero-order chi connectivity index (χ0) is 12.5. The molecule has 0 bridgehead atoms. The van der Waals surface area contributed by atoms with E-state index in [0.717, 1.165) is 11.5 Å². The topological polar surface area (TPSA) is 55.3 Å². The molecule has 17 heavy (non-hydrogen) atoms. The van der Waals surface area contributed by atoms with Crippen LogP contribution in [0, 0.1) is 6.92 Å². The third kappa shape index (κ3) is 2.84. The highest BCUT2D eigenvalue weighted by atomic mass is 31.0.